The van der Waals surface area contributed by atoms with Crippen LogP contribution in [-0.2, 0) is 10.0 Å². The van der Waals surface area contributed by atoms with E-state index in [2.05, 4.69) is 0 Å². The summed E-state index contributed by atoms with van der Waals surface area (Å²) in [5.74, 6) is 0.866. The first kappa shape index (κ1) is 18.0. The zero-order valence-corrected chi connectivity index (χ0v) is 14.4. The largest absolute Gasteiger partial charge is 0.495 e. The normalized spacial score (nSPS) is 17.2. The van der Waals surface area contributed by atoms with Crippen molar-refractivity contribution in [3.8, 4) is 11.5 Å². The molecule has 0 aromatic heterocycles. The van der Waals surface area contributed by atoms with Crippen LogP contribution in [0.4, 0.5) is 0 Å². The van der Waals surface area contributed by atoms with Gasteiger partial charge >= 0.3 is 0 Å². The van der Waals surface area contributed by atoms with E-state index in [1.165, 1.54) is 17.5 Å². The summed E-state index contributed by atoms with van der Waals surface area (Å²) >= 11 is 0. The molecule has 0 unspecified atom stereocenters. The van der Waals surface area contributed by atoms with Crippen LogP contribution in [0.5, 0.6) is 11.5 Å². The SMILES string of the molecule is CCOc1ccc(S(=O)(=O)N2CCN(CCO)CC2)c(OC)c1. The van der Waals surface area contributed by atoms with E-state index in [0.29, 0.717) is 45.1 Å². The topological polar surface area (TPSA) is 79.3 Å². The summed E-state index contributed by atoms with van der Waals surface area (Å²) in [6, 6.07) is 4.76. The Bertz CT molecular complexity index is 612. The second-order valence-corrected chi connectivity index (χ2v) is 7.12. The van der Waals surface area contributed by atoms with Gasteiger partial charge in [-0.15, -0.1) is 0 Å². The molecule has 0 aliphatic carbocycles. The van der Waals surface area contributed by atoms with Gasteiger partial charge in [0.2, 0.25) is 10.0 Å². The minimum Gasteiger partial charge on any atom is -0.495 e. The van der Waals surface area contributed by atoms with Crippen LogP contribution in [0.25, 0.3) is 0 Å². The summed E-state index contributed by atoms with van der Waals surface area (Å²) < 4.78 is 37.8. The van der Waals surface area contributed by atoms with Gasteiger partial charge < -0.3 is 14.6 Å². The van der Waals surface area contributed by atoms with Crippen molar-refractivity contribution in [2.45, 2.75) is 11.8 Å². The van der Waals surface area contributed by atoms with Gasteiger partial charge in [0.15, 0.2) is 0 Å². The number of β-amino-alcohol motifs (C(OH)–C–C–N with tert-alkyl or cyclic N) is 1. The second kappa shape index (κ2) is 7.96. The molecule has 1 saturated heterocycles. The predicted octanol–water partition coefficient (Wildman–Crippen LogP) is 0.393. The highest BCUT2D eigenvalue weighted by atomic mass is 32.2. The van der Waals surface area contributed by atoms with Gasteiger partial charge in [-0.25, -0.2) is 8.42 Å². The fourth-order valence-corrected chi connectivity index (χ4v) is 4.15. The Morgan fingerprint density at radius 2 is 1.91 bits per heavy atom. The zero-order chi connectivity index (χ0) is 16.9. The molecule has 1 aromatic rings. The van der Waals surface area contributed by atoms with Gasteiger partial charge in [0.25, 0.3) is 0 Å². The quantitative estimate of drug-likeness (QED) is 0.771. The van der Waals surface area contributed by atoms with Crippen molar-refractivity contribution < 1.29 is 23.0 Å². The predicted molar refractivity (Wildman–Crippen MR) is 86.4 cm³/mol. The van der Waals surface area contributed by atoms with E-state index < -0.39 is 10.0 Å². The van der Waals surface area contributed by atoms with Gasteiger partial charge in [0.1, 0.15) is 16.4 Å². The number of piperazine rings is 1. The molecule has 23 heavy (non-hydrogen) atoms. The molecular weight excluding hydrogens is 320 g/mol. The van der Waals surface area contributed by atoms with Crippen molar-refractivity contribution >= 4 is 10.0 Å². The molecule has 0 amide bonds. The summed E-state index contributed by atoms with van der Waals surface area (Å²) in [6.45, 7) is 5.04. The molecule has 1 N–H and O–H groups in total. The molecule has 7 nitrogen and oxygen atoms in total. The maximum Gasteiger partial charge on any atom is 0.246 e. The molecule has 0 radical (unpaired) electrons. The first-order valence-electron chi connectivity index (χ1n) is 7.67. The number of aliphatic hydroxyl groups excluding tert-OH is 1. The lowest BCUT2D eigenvalue weighted by molar-refractivity contribution is 0.151. The Balaban J connectivity index is 2.19. The van der Waals surface area contributed by atoms with E-state index >= 15 is 0 Å². The Kier molecular flexibility index (Phi) is 6.23. The van der Waals surface area contributed by atoms with Crippen molar-refractivity contribution in [3.05, 3.63) is 18.2 Å². The summed E-state index contributed by atoms with van der Waals surface area (Å²) in [5.41, 5.74) is 0. The first-order valence-corrected chi connectivity index (χ1v) is 9.11. The molecule has 8 heteroatoms. The summed E-state index contributed by atoms with van der Waals surface area (Å²) in [6.07, 6.45) is 0. The van der Waals surface area contributed by atoms with Crippen molar-refractivity contribution in [2.24, 2.45) is 0 Å². The first-order chi connectivity index (χ1) is 11.0. The summed E-state index contributed by atoms with van der Waals surface area (Å²) in [5, 5.41) is 8.96. The molecule has 130 valence electrons. The van der Waals surface area contributed by atoms with Crippen molar-refractivity contribution in [2.75, 3.05) is 53.0 Å². The van der Waals surface area contributed by atoms with Crippen LogP contribution in [0.1, 0.15) is 6.92 Å². The van der Waals surface area contributed by atoms with E-state index in [1.807, 2.05) is 11.8 Å². The third kappa shape index (κ3) is 4.14. The Morgan fingerprint density at radius 1 is 1.22 bits per heavy atom. The standard InChI is InChI=1S/C15H24N2O5S/c1-3-22-13-4-5-15(14(12-13)21-2)23(19,20)17-8-6-16(7-9-17)10-11-18/h4-5,12,18H,3,6-11H2,1-2H3. The number of methoxy groups -OCH3 is 1. The number of hydrogen-bond acceptors (Lipinski definition) is 6. The van der Waals surface area contributed by atoms with Crippen molar-refractivity contribution in [3.63, 3.8) is 0 Å². The molecule has 0 saturated carbocycles. The lowest BCUT2D eigenvalue weighted by Crippen LogP contribution is -2.49. The number of nitrogens with zero attached hydrogens (tertiary/aromatic N) is 2. The van der Waals surface area contributed by atoms with Gasteiger partial charge in [-0.05, 0) is 19.1 Å². The zero-order valence-electron chi connectivity index (χ0n) is 13.6. The number of benzene rings is 1. The molecule has 1 aliphatic heterocycles. The lowest BCUT2D eigenvalue weighted by atomic mass is 10.3. The lowest BCUT2D eigenvalue weighted by Gasteiger charge is -2.33. The smallest absolute Gasteiger partial charge is 0.246 e. The van der Waals surface area contributed by atoms with Gasteiger partial charge in [-0.3, -0.25) is 4.90 Å². The minimum absolute atomic E-state index is 0.0828. The Hall–Kier alpha value is -1.35. The molecule has 2 rings (SSSR count). The minimum atomic E-state index is -3.61. The summed E-state index contributed by atoms with van der Waals surface area (Å²) in [7, 11) is -2.16. The number of sulfonamides is 1. The fourth-order valence-electron chi connectivity index (χ4n) is 2.59. The molecule has 1 aliphatic rings. The van der Waals surface area contributed by atoms with Crippen molar-refractivity contribution in [1.82, 2.24) is 9.21 Å². The monoisotopic (exact) mass is 344 g/mol. The maximum absolute atomic E-state index is 12.8. The average molecular weight is 344 g/mol. The number of aliphatic hydroxyl groups is 1. The molecule has 0 atom stereocenters. The number of rotatable bonds is 7. The molecule has 1 heterocycles. The van der Waals surface area contributed by atoms with Crippen molar-refractivity contribution in [1.29, 1.82) is 0 Å². The maximum atomic E-state index is 12.8. The van der Waals surface area contributed by atoms with E-state index in [4.69, 9.17) is 14.6 Å². The van der Waals surface area contributed by atoms with E-state index in [9.17, 15) is 8.42 Å². The molecular formula is C15H24N2O5S. The third-order valence-corrected chi connectivity index (χ3v) is 5.75. The van der Waals surface area contributed by atoms with E-state index in [-0.39, 0.29) is 17.3 Å². The molecule has 0 bridgehead atoms. The third-order valence-electron chi connectivity index (χ3n) is 3.81. The van der Waals surface area contributed by atoms with Crippen LogP contribution < -0.4 is 9.47 Å². The van der Waals surface area contributed by atoms with Gasteiger partial charge in [0, 0.05) is 38.8 Å². The summed E-state index contributed by atoms with van der Waals surface area (Å²) in [4.78, 5) is 2.20. The van der Waals surface area contributed by atoms with Crippen LogP contribution in [-0.4, -0.2) is 75.8 Å². The van der Waals surface area contributed by atoms with Gasteiger partial charge in [-0.1, -0.05) is 0 Å². The van der Waals surface area contributed by atoms with E-state index in [0.717, 1.165) is 0 Å². The number of hydrogen-bond donors (Lipinski definition) is 1. The van der Waals surface area contributed by atoms with Crippen LogP contribution in [0.3, 0.4) is 0 Å². The fraction of sp³-hybridized carbons (Fsp3) is 0.600. The molecule has 0 spiro atoms. The average Bonchev–Trinajstić information content (AvgIpc) is 2.55. The van der Waals surface area contributed by atoms with Crippen LogP contribution in [0.2, 0.25) is 0 Å². The number of ether oxygens (including phenoxy) is 2. The molecule has 1 fully saturated rings. The highest BCUT2D eigenvalue weighted by molar-refractivity contribution is 7.89. The second-order valence-electron chi connectivity index (χ2n) is 5.22. The van der Waals surface area contributed by atoms with Gasteiger partial charge in [0.05, 0.1) is 20.3 Å². The van der Waals surface area contributed by atoms with Gasteiger partial charge in [-0.2, -0.15) is 4.31 Å². The highest BCUT2D eigenvalue weighted by Gasteiger charge is 2.30. The van der Waals surface area contributed by atoms with Crippen LogP contribution >= 0.6 is 0 Å². The highest BCUT2D eigenvalue weighted by Crippen LogP contribution is 2.31. The Labute approximate surface area is 137 Å². The van der Waals surface area contributed by atoms with Crippen LogP contribution in [0.15, 0.2) is 23.1 Å². The Morgan fingerprint density at radius 3 is 2.48 bits per heavy atom. The van der Waals surface area contributed by atoms with Crippen LogP contribution in [0, 0.1) is 0 Å². The molecule has 1 aromatic carbocycles. The van der Waals surface area contributed by atoms with E-state index in [1.54, 1.807) is 12.1 Å².